The maximum Gasteiger partial charge on any atom is 0.228 e. The van der Waals surface area contributed by atoms with Crippen LogP contribution in [0.1, 0.15) is 0 Å². The number of fused-ring (bicyclic) bond motifs is 1. The largest absolute Gasteiger partial charge is 0.493 e. The van der Waals surface area contributed by atoms with E-state index in [0.717, 1.165) is 6.07 Å². The summed E-state index contributed by atoms with van der Waals surface area (Å²) in [6.07, 6.45) is 0. The van der Waals surface area contributed by atoms with Gasteiger partial charge in [0.2, 0.25) is 5.95 Å². The maximum absolute atomic E-state index is 13.5. The number of hydrogen-bond acceptors (Lipinski definition) is 7. The van der Waals surface area contributed by atoms with E-state index in [0.29, 0.717) is 66.0 Å². The van der Waals surface area contributed by atoms with Gasteiger partial charge >= 0.3 is 0 Å². The Labute approximate surface area is 203 Å². The lowest BCUT2D eigenvalue weighted by atomic mass is 10.2. The molecule has 0 unspecified atom stereocenters. The van der Waals surface area contributed by atoms with Crippen molar-refractivity contribution in [3.8, 4) is 11.5 Å². The lowest BCUT2D eigenvalue weighted by molar-refractivity contribution is 0.356. The van der Waals surface area contributed by atoms with E-state index < -0.39 is 11.6 Å². The van der Waals surface area contributed by atoms with Crippen molar-refractivity contribution in [3.05, 3.63) is 42.0 Å². The second-order valence-corrected chi connectivity index (χ2v) is 6.71. The van der Waals surface area contributed by atoms with Crippen LogP contribution in [0.3, 0.4) is 0 Å². The Bertz CT molecular complexity index is 1070. The smallest absolute Gasteiger partial charge is 0.228 e. The molecule has 2 heterocycles. The van der Waals surface area contributed by atoms with Crippen LogP contribution in [0.4, 0.5) is 26.2 Å². The summed E-state index contributed by atoms with van der Waals surface area (Å²) in [6.45, 7) is 2.49. The molecule has 12 heteroatoms. The fourth-order valence-corrected chi connectivity index (χ4v) is 3.45. The molecule has 1 fully saturated rings. The number of anilines is 3. The Morgan fingerprint density at radius 2 is 1.41 bits per heavy atom. The van der Waals surface area contributed by atoms with Gasteiger partial charge in [0.15, 0.2) is 23.1 Å². The van der Waals surface area contributed by atoms with Gasteiger partial charge in [0.1, 0.15) is 5.82 Å². The van der Waals surface area contributed by atoms with Crippen molar-refractivity contribution in [3.63, 3.8) is 0 Å². The number of rotatable bonds is 4. The van der Waals surface area contributed by atoms with E-state index in [1.807, 2.05) is 9.80 Å². The van der Waals surface area contributed by atoms with Crippen molar-refractivity contribution in [2.45, 2.75) is 0 Å². The summed E-state index contributed by atoms with van der Waals surface area (Å²) >= 11 is 0. The Balaban J connectivity index is 0.00000171. The third kappa shape index (κ3) is 5.28. The van der Waals surface area contributed by atoms with Crippen molar-refractivity contribution in [2.24, 2.45) is 0 Å². The summed E-state index contributed by atoms with van der Waals surface area (Å²) in [7, 11) is 3.12. The topological polar surface area (TPSA) is 76.7 Å². The molecule has 32 heavy (non-hydrogen) atoms. The first-order valence-electron chi connectivity index (χ1n) is 9.14. The zero-order valence-corrected chi connectivity index (χ0v) is 19.8. The van der Waals surface area contributed by atoms with Crippen LogP contribution in [0, 0.1) is 11.6 Å². The van der Waals surface area contributed by atoms with Gasteiger partial charge in [-0.25, -0.2) is 13.8 Å². The second kappa shape index (κ2) is 11.4. The van der Waals surface area contributed by atoms with Crippen LogP contribution in [0.25, 0.3) is 10.9 Å². The minimum atomic E-state index is -0.848. The molecule has 3 aromatic rings. The predicted octanol–water partition coefficient (Wildman–Crippen LogP) is 4.10. The second-order valence-electron chi connectivity index (χ2n) is 6.71. The molecule has 176 valence electrons. The Kier molecular flexibility index (Phi) is 9.81. The number of nitrogen functional groups attached to an aromatic ring is 1. The van der Waals surface area contributed by atoms with E-state index in [2.05, 4.69) is 9.97 Å². The van der Waals surface area contributed by atoms with Gasteiger partial charge in [-0.15, -0.1) is 37.2 Å². The van der Waals surface area contributed by atoms with Gasteiger partial charge in [-0.05, 0) is 18.2 Å². The normalized spacial score (nSPS) is 13.0. The van der Waals surface area contributed by atoms with E-state index in [-0.39, 0.29) is 37.2 Å². The molecule has 2 aromatic carbocycles. The van der Waals surface area contributed by atoms with Gasteiger partial charge in [0, 0.05) is 49.4 Å². The predicted molar refractivity (Wildman–Crippen MR) is 130 cm³/mol. The summed E-state index contributed by atoms with van der Waals surface area (Å²) in [5.74, 6) is 0.302. The van der Waals surface area contributed by atoms with Gasteiger partial charge in [-0.1, -0.05) is 0 Å². The number of piperazine rings is 1. The van der Waals surface area contributed by atoms with E-state index in [1.165, 1.54) is 6.07 Å². The number of nitrogens with two attached hydrogens (primary N) is 1. The minimum Gasteiger partial charge on any atom is -0.493 e. The number of hydrogen-bond donors (Lipinski definition) is 1. The Morgan fingerprint density at radius 1 is 0.812 bits per heavy atom. The maximum atomic E-state index is 13.5. The van der Waals surface area contributed by atoms with Crippen LogP contribution in [0.15, 0.2) is 30.3 Å². The molecule has 7 nitrogen and oxygen atoms in total. The number of nitrogens with zero attached hydrogens (tertiary/aromatic N) is 4. The average Bonchev–Trinajstić information content (AvgIpc) is 2.74. The molecule has 0 amide bonds. The molecule has 1 aliphatic rings. The van der Waals surface area contributed by atoms with Crippen LogP contribution in [-0.2, 0) is 0 Å². The molecule has 0 aliphatic carbocycles. The summed E-state index contributed by atoms with van der Waals surface area (Å²) in [4.78, 5) is 13.1. The minimum absolute atomic E-state index is 0. The summed E-state index contributed by atoms with van der Waals surface area (Å²) in [5.41, 5.74) is 7.48. The molecule has 1 aliphatic heterocycles. The zero-order valence-electron chi connectivity index (χ0n) is 17.4. The summed E-state index contributed by atoms with van der Waals surface area (Å²) in [6, 6.07) is 7.47. The molecule has 0 atom stereocenters. The van der Waals surface area contributed by atoms with Crippen LogP contribution in [0.5, 0.6) is 11.5 Å². The fourth-order valence-electron chi connectivity index (χ4n) is 3.45. The van der Waals surface area contributed by atoms with Crippen LogP contribution in [0.2, 0.25) is 0 Å². The van der Waals surface area contributed by atoms with Crippen molar-refractivity contribution >= 4 is 65.6 Å². The first-order chi connectivity index (χ1) is 14.0. The Morgan fingerprint density at radius 3 is 2.00 bits per heavy atom. The van der Waals surface area contributed by atoms with Gasteiger partial charge in [-0.3, -0.25) is 0 Å². The van der Waals surface area contributed by atoms with Crippen molar-refractivity contribution in [1.29, 1.82) is 0 Å². The average molecular weight is 511 g/mol. The molecule has 0 saturated carbocycles. The SMILES string of the molecule is COc1cc2nc(N3CCN(c4ccc(F)c(F)c4)CC3)nc(N)c2cc1OC.Cl.Cl.Cl. The monoisotopic (exact) mass is 509 g/mol. The van der Waals surface area contributed by atoms with Crippen molar-refractivity contribution < 1.29 is 18.3 Å². The summed E-state index contributed by atoms with van der Waals surface area (Å²) in [5, 5.41) is 0.687. The highest BCUT2D eigenvalue weighted by Gasteiger charge is 2.21. The van der Waals surface area contributed by atoms with Crippen molar-refractivity contribution in [2.75, 3.05) is 55.9 Å². The lowest BCUT2D eigenvalue weighted by Crippen LogP contribution is -2.47. The van der Waals surface area contributed by atoms with Gasteiger partial charge in [-0.2, -0.15) is 4.98 Å². The molecular weight excluding hydrogens is 487 g/mol. The number of halogens is 5. The van der Waals surface area contributed by atoms with E-state index in [1.54, 1.807) is 32.4 Å². The van der Waals surface area contributed by atoms with Crippen LogP contribution in [-0.4, -0.2) is 50.4 Å². The number of methoxy groups -OCH3 is 2. The van der Waals surface area contributed by atoms with Gasteiger partial charge < -0.3 is 25.0 Å². The lowest BCUT2D eigenvalue weighted by Gasteiger charge is -2.36. The van der Waals surface area contributed by atoms with Gasteiger partial charge in [0.05, 0.1) is 19.7 Å². The molecule has 0 spiro atoms. The number of benzene rings is 2. The summed E-state index contributed by atoms with van der Waals surface area (Å²) < 4.78 is 37.3. The fraction of sp³-hybridized carbons (Fsp3) is 0.300. The molecular formula is C20H24Cl3F2N5O2. The highest BCUT2D eigenvalue weighted by Crippen LogP contribution is 2.34. The molecule has 0 radical (unpaired) electrons. The molecule has 1 aromatic heterocycles. The highest BCUT2D eigenvalue weighted by atomic mass is 35.5. The first kappa shape index (κ1) is 27.5. The van der Waals surface area contributed by atoms with Crippen molar-refractivity contribution in [1.82, 2.24) is 9.97 Å². The quantitative estimate of drug-likeness (QED) is 0.566. The zero-order chi connectivity index (χ0) is 20.5. The molecule has 4 rings (SSSR count). The number of aromatic nitrogens is 2. The third-order valence-corrected chi connectivity index (χ3v) is 5.05. The van der Waals surface area contributed by atoms with Crippen LogP contribution < -0.4 is 25.0 Å². The molecule has 1 saturated heterocycles. The molecule has 0 bridgehead atoms. The third-order valence-electron chi connectivity index (χ3n) is 5.05. The van der Waals surface area contributed by atoms with Crippen LogP contribution >= 0.6 is 37.2 Å². The van der Waals surface area contributed by atoms with E-state index >= 15 is 0 Å². The molecule has 2 N–H and O–H groups in total. The Hall–Kier alpha value is -2.49. The van der Waals surface area contributed by atoms with E-state index in [4.69, 9.17) is 15.2 Å². The first-order valence-corrected chi connectivity index (χ1v) is 9.14. The standard InChI is InChI=1S/C20H21F2N5O2.3ClH/c1-28-17-10-13-16(11-18(17)29-2)24-20(25-19(13)23)27-7-5-26(6-8-27)12-3-4-14(21)15(22)9-12;;;/h3-4,9-11H,5-8H2,1-2H3,(H2,23,24,25);3*1H. The van der Waals surface area contributed by atoms with Gasteiger partial charge in [0.25, 0.3) is 0 Å². The number of ether oxygens (including phenoxy) is 2. The highest BCUT2D eigenvalue weighted by molar-refractivity contribution is 5.91. The van der Waals surface area contributed by atoms with E-state index in [9.17, 15) is 8.78 Å².